The summed E-state index contributed by atoms with van der Waals surface area (Å²) in [5.41, 5.74) is 8.96. The van der Waals surface area contributed by atoms with Gasteiger partial charge in [0.1, 0.15) is 0 Å². The minimum atomic E-state index is 1.15. The Morgan fingerprint density at radius 2 is 1.52 bits per heavy atom. The van der Waals surface area contributed by atoms with Crippen LogP contribution in [0.2, 0.25) is 0 Å². The first kappa shape index (κ1) is 16.1. The molecular formula is C23H28. The molecule has 0 bridgehead atoms. The quantitative estimate of drug-likeness (QED) is 0.526. The third kappa shape index (κ3) is 3.58. The van der Waals surface area contributed by atoms with Crippen molar-refractivity contribution in [3.63, 3.8) is 0 Å². The molecule has 0 unspecified atom stereocenters. The zero-order valence-electron chi connectivity index (χ0n) is 14.6. The Bertz CT molecular complexity index is 691. The number of benzene rings is 2. The summed E-state index contributed by atoms with van der Waals surface area (Å²) in [6, 6.07) is 15.8. The van der Waals surface area contributed by atoms with Gasteiger partial charge in [0.15, 0.2) is 0 Å². The molecule has 2 aromatic rings. The minimum absolute atomic E-state index is 1.15. The van der Waals surface area contributed by atoms with Gasteiger partial charge in [-0.05, 0) is 59.9 Å². The molecule has 0 fully saturated rings. The molecule has 0 radical (unpaired) electrons. The van der Waals surface area contributed by atoms with Crippen molar-refractivity contribution in [2.75, 3.05) is 0 Å². The molecule has 3 rings (SSSR count). The Morgan fingerprint density at radius 3 is 2.35 bits per heavy atom. The minimum Gasteiger partial charge on any atom is -0.0654 e. The van der Waals surface area contributed by atoms with E-state index in [9.17, 15) is 0 Å². The summed E-state index contributed by atoms with van der Waals surface area (Å²) in [5.74, 6) is 0. The molecule has 1 aliphatic carbocycles. The van der Waals surface area contributed by atoms with Crippen LogP contribution in [0.1, 0.15) is 62.6 Å². The molecule has 0 amide bonds. The van der Waals surface area contributed by atoms with E-state index in [1.54, 1.807) is 5.57 Å². The van der Waals surface area contributed by atoms with Gasteiger partial charge in [-0.2, -0.15) is 0 Å². The first-order valence-corrected chi connectivity index (χ1v) is 9.23. The summed E-state index contributed by atoms with van der Waals surface area (Å²) < 4.78 is 0. The van der Waals surface area contributed by atoms with Crippen molar-refractivity contribution in [3.8, 4) is 11.1 Å². The second-order valence-corrected chi connectivity index (χ2v) is 6.72. The molecule has 0 atom stereocenters. The fraction of sp³-hybridized carbons (Fsp3) is 0.391. The van der Waals surface area contributed by atoms with Gasteiger partial charge >= 0.3 is 0 Å². The van der Waals surface area contributed by atoms with E-state index in [-0.39, 0.29) is 0 Å². The Hall–Kier alpha value is -1.82. The van der Waals surface area contributed by atoms with Gasteiger partial charge in [0.25, 0.3) is 0 Å². The Balaban J connectivity index is 1.97. The zero-order chi connectivity index (χ0) is 16.1. The molecule has 0 aromatic heterocycles. The Kier molecular flexibility index (Phi) is 5.33. The average molecular weight is 304 g/mol. The molecule has 0 nitrogen and oxygen atoms in total. The molecule has 0 heterocycles. The van der Waals surface area contributed by atoms with E-state index < -0.39 is 0 Å². The van der Waals surface area contributed by atoms with Crippen LogP contribution >= 0.6 is 0 Å². The van der Waals surface area contributed by atoms with Gasteiger partial charge in [0.2, 0.25) is 0 Å². The van der Waals surface area contributed by atoms with Crippen molar-refractivity contribution in [2.45, 2.75) is 58.8 Å². The highest BCUT2D eigenvalue weighted by Crippen LogP contribution is 2.37. The van der Waals surface area contributed by atoms with Crippen LogP contribution < -0.4 is 0 Å². The molecule has 0 N–H and O–H groups in total. The molecule has 2 aromatic carbocycles. The first-order chi connectivity index (χ1) is 11.3. The maximum atomic E-state index is 2.47. The maximum Gasteiger partial charge on any atom is -0.00576 e. The second kappa shape index (κ2) is 7.64. The van der Waals surface area contributed by atoms with Crippen molar-refractivity contribution in [1.82, 2.24) is 0 Å². The van der Waals surface area contributed by atoms with Gasteiger partial charge in [-0.1, -0.05) is 80.8 Å². The topological polar surface area (TPSA) is 0 Å². The van der Waals surface area contributed by atoms with Crippen LogP contribution in [-0.4, -0.2) is 0 Å². The van der Waals surface area contributed by atoms with E-state index in [2.05, 4.69) is 62.4 Å². The lowest BCUT2D eigenvalue weighted by atomic mass is 9.92. The molecule has 0 saturated carbocycles. The number of fused-ring (bicyclic) bond motifs is 1. The average Bonchev–Trinajstić information content (AvgIpc) is 3.01. The SMILES string of the molecule is CCCCC1=Cc2c(cccc2-c2ccccc2CCCC)C1. The highest BCUT2D eigenvalue weighted by molar-refractivity contribution is 5.82. The fourth-order valence-electron chi connectivity index (χ4n) is 3.60. The summed E-state index contributed by atoms with van der Waals surface area (Å²) in [5, 5.41) is 0. The molecule has 0 aliphatic heterocycles. The number of hydrogen-bond acceptors (Lipinski definition) is 0. The zero-order valence-corrected chi connectivity index (χ0v) is 14.6. The molecule has 0 heteroatoms. The number of aryl methyl sites for hydroxylation is 1. The van der Waals surface area contributed by atoms with Gasteiger partial charge < -0.3 is 0 Å². The van der Waals surface area contributed by atoms with E-state index in [1.807, 2.05) is 0 Å². The van der Waals surface area contributed by atoms with Crippen molar-refractivity contribution < 1.29 is 0 Å². The third-order valence-corrected chi connectivity index (χ3v) is 4.92. The molecular weight excluding hydrogens is 276 g/mol. The smallest absolute Gasteiger partial charge is 0.00576 e. The second-order valence-electron chi connectivity index (χ2n) is 6.72. The Morgan fingerprint density at radius 1 is 0.783 bits per heavy atom. The highest BCUT2D eigenvalue weighted by Gasteiger charge is 2.17. The van der Waals surface area contributed by atoms with Gasteiger partial charge in [0.05, 0.1) is 0 Å². The normalized spacial score (nSPS) is 13.0. The molecule has 120 valence electrons. The van der Waals surface area contributed by atoms with Crippen molar-refractivity contribution in [3.05, 3.63) is 64.7 Å². The summed E-state index contributed by atoms with van der Waals surface area (Å²) in [7, 11) is 0. The maximum absolute atomic E-state index is 2.47. The van der Waals surface area contributed by atoms with Crippen LogP contribution in [0, 0.1) is 0 Å². The van der Waals surface area contributed by atoms with Gasteiger partial charge in [0, 0.05) is 0 Å². The summed E-state index contributed by atoms with van der Waals surface area (Å²) in [4.78, 5) is 0. The molecule has 0 saturated heterocycles. The Labute approximate surface area is 141 Å². The predicted octanol–water partition coefficient (Wildman–Crippen LogP) is 6.83. The monoisotopic (exact) mass is 304 g/mol. The highest BCUT2D eigenvalue weighted by atomic mass is 14.2. The number of allylic oxidation sites excluding steroid dienone is 1. The number of hydrogen-bond donors (Lipinski definition) is 0. The first-order valence-electron chi connectivity index (χ1n) is 9.23. The summed E-state index contributed by atoms with van der Waals surface area (Å²) >= 11 is 0. The van der Waals surface area contributed by atoms with E-state index >= 15 is 0 Å². The number of rotatable bonds is 7. The number of unbranched alkanes of at least 4 members (excludes halogenated alkanes) is 2. The molecule has 0 spiro atoms. The van der Waals surface area contributed by atoms with Gasteiger partial charge in [-0.15, -0.1) is 0 Å². The van der Waals surface area contributed by atoms with Gasteiger partial charge in [-0.3, -0.25) is 0 Å². The van der Waals surface area contributed by atoms with E-state index in [0.29, 0.717) is 0 Å². The van der Waals surface area contributed by atoms with Crippen LogP contribution in [0.3, 0.4) is 0 Å². The van der Waals surface area contributed by atoms with E-state index in [0.717, 1.165) is 6.42 Å². The predicted molar refractivity (Wildman–Crippen MR) is 102 cm³/mol. The summed E-state index contributed by atoms with van der Waals surface area (Å²) in [6.07, 6.45) is 11.2. The lowest BCUT2D eigenvalue weighted by molar-refractivity contribution is 0.779. The standard InChI is InChI=1S/C23H28/c1-3-5-10-18-16-20-13-9-15-22(23(20)17-18)21-14-8-7-12-19(21)11-6-4-2/h7-9,12-15,17H,3-6,10-11,16H2,1-2H3. The molecule has 23 heavy (non-hydrogen) atoms. The largest absolute Gasteiger partial charge is 0.0654 e. The van der Waals surface area contributed by atoms with Crippen LogP contribution in [0.5, 0.6) is 0 Å². The van der Waals surface area contributed by atoms with Crippen molar-refractivity contribution in [2.24, 2.45) is 0 Å². The van der Waals surface area contributed by atoms with Gasteiger partial charge in [-0.25, -0.2) is 0 Å². The lowest BCUT2D eigenvalue weighted by Gasteiger charge is -2.13. The van der Waals surface area contributed by atoms with E-state index in [4.69, 9.17) is 0 Å². The van der Waals surface area contributed by atoms with Crippen LogP contribution in [-0.2, 0) is 12.8 Å². The fourth-order valence-corrected chi connectivity index (χ4v) is 3.60. The molecule has 1 aliphatic rings. The van der Waals surface area contributed by atoms with Crippen LogP contribution in [0.4, 0.5) is 0 Å². The third-order valence-electron chi connectivity index (χ3n) is 4.92. The lowest BCUT2D eigenvalue weighted by Crippen LogP contribution is -1.93. The van der Waals surface area contributed by atoms with Crippen molar-refractivity contribution in [1.29, 1.82) is 0 Å². The van der Waals surface area contributed by atoms with Crippen LogP contribution in [0.15, 0.2) is 48.0 Å². The van der Waals surface area contributed by atoms with E-state index in [1.165, 1.54) is 66.3 Å². The van der Waals surface area contributed by atoms with Crippen molar-refractivity contribution >= 4 is 6.08 Å². The summed E-state index contributed by atoms with van der Waals surface area (Å²) in [6.45, 7) is 4.55. The van der Waals surface area contributed by atoms with Crippen LogP contribution in [0.25, 0.3) is 17.2 Å².